The quantitative estimate of drug-likeness (QED) is 0.340. The zero-order valence-corrected chi connectivity index (χ0v) is 22.1. The van der Waals surface area contributed by atoms with Crippen molar-refractivity contribution < 1.29 is 29.4 Å². The van der Waals surface area contributed by atoms with Gasteiger partial charge in [-0.1, -0.05) is 20.8 Å². The monoisotopic (exact) mass is 499 g/mol. The topological polar surface area (TPSA) is 127 Å². The molecule has 4 rings (SSSR count). The van der Waals surface area contributed by atoms with E-state index in [1.807, 2.05) is 0 Å². The molecule has 4 aliphatic carbocycles. The second kappa shape index (κ2) is 9.78. The van der Waals surface area contributed by atoms with Crippen LogP contribution in [0.25, 0.3) is 0 Å². The fourth-order valence-electron chi connectivity index (χ4n) is 9.24. The van der Waals surface area contributed by atoms with Crippen molar-refractivity contribution >= 4 is 13.5 Å². The summed E-state index contributed by atoms with van der Waals surface area (Å²) < 4.78 is 11.0. The molecule has 0 aromatic heterocycles. The predicted molar refractivity (Wildman–Crippen MR) is 131 cm³/mol. The average molecular weight is 500 g/mol. The largest absolute Gasteiger partial charge is 0.393 e. The second-order valence-corrected chi connectivity index (χ2v) is 14.5. The molecular weight excluding hydrogens is 453 g/mol. The third kappa shape index (κ3) is 5.02. The summed E-state index contributed by atoms with van der Waals surface area (Å²) in [6.45, 7) is 7.14. The summed E-state index contributed by atoms with van der Waals surface area (Å²) in [7, 11) is -4.08. The van der Waals surface area contributed by atoms with Crippen molar-refractivity contribution in [2.24, 2.45) is 46.3 Å². The van der Waals surface area contributed by atoms with Gasteiger partial charge in [-0.2, -0.15) is 0 Å². The van der Waals surface area contributed by atoms with E-state index < -0.39 is 7.60 Å². The number of amides is 1. The van der Waals surface area contributed by atoms with E-state index in [2.05, 4.69) is 26.1 Å². The Kier molecular flexibility index (Phi) is 7.65. The summed E-state index contributed by atoms with van der Waals surface area (Å²) in [6.07, 6.45) is 8.62. The highest BCUT2D eigenvalue weighted by Gasteiger charge is 2.62. The number of carbonyl (C=O) groups excluding carboxylic acids is 1. The Morgan fingerprint density at radius 3 is 2.38 bits per heavy atom. The van der Waals surface area contributed by atoms with Gasteiger partial charge in [0.15, 0.2) is 0 Å². The minimum atomic E-state index is -4.08. The lowest BCUT2D eigenvalue weighted by atomic mass is 9.44. The van der Waals surface area contributed by atoms with Gasteiger partial charge in [-0.25, -0.2) is 0 Å². The maximum Gasteiger partial charge on any atom is 0.327 e. The van der Waals surface area contributed by atoms with Crippen LogP contribution in [0.15, 0.2) is 0 Å². The number of aliphatic hydroxyl groups is 2. The van der Waals surface area contributed by atoms with Crippen LogP contribution in [-0.2, 0) is 9.36 Å². The van der Waals surface area contributed by atoms with Crippen molar-refractivity contribution in [1.29, 1.82) is 0 Å². The highest BCUT2D eigenvalue weighted by Crippen LogP contribution is 2.68. The van der Waals surface area contributed by atoms with Gasteiger partial charge in [0, 0.05) is 13.0 Å². The van der Waals surface area contributed by atoms with Crippen LogP contribution in [0.3, 0.4) is 0 Å². The first-order valence-electron chi connectivity index (χ1n) is 13.5. The number of aliphatic hydroxyl groups excluding tert-OH is 2. The molecule has 0 bridgehead atoms. The van der Waals surface area contributed by atoms with Crippen LogP contribution in [0, 0.1) is 46.3 Å². The Morgan fingerprint density at radius 1 is 1.00 bits per heavy atom. The highest BCUT2D eigenvalue weighted by atomic mass is 31.2. The smallest absolute Gasteiger partial charge is 0.327 e. The molecule has 10 atom stereocenters. The second-order valence-electron chi connectivity index (χ2n) is 12.7. The van der Waals surface area contributed by atoms with Crippen molar-refractivity contribution in [1.82, 2.24) is 5.32 Å². The zero-order valence-electron chi connectivity index (χ0n) is 21.2. The number of rotatable bonds is 7. The molecular formula is C26H46NO6P. The summed E-state index contributed by atoms with van der Waals surface area (Å²) >= 11 is 0. The first kappa shape index (κ1) is 26.6. The van der Waals surface area contributed by atoms with Crippen LogP contribution in [0.2, 0.25) is 0 Å². The maximum absolute atomic E-state index is 12.2. The molecule has 0 heterocycles. The molecule has 0 aromatic carbocycles. The summed E-state index contributed by atoms with van der Waals surface area (Å²) in [5, 5.41) is 24.1. The van der Waals surface area contributed by atoms with E-state index in [9.17, 15) is 19.6 Å². The van der Waals surface area contributed by atoms with Crippen LogP contribution in [0.1, 0.15) is 85.0 Å². The summed E-state index contributed by atoms with van der Waals surface area (Å²) in [4.78, 5) is 30.1. The molecule has 34 heavy (non-hydrogen) atoms. The van der Waals surface area contributed by atoms with Crippen molar-refractivity contribution in [3.8, 4) is 0 Å². The van der Waals surface area contributed by atoms with Gasteiger partial charge in [-0.15, -0.1) is 0 Å². The van der Waals surface area contributed by atoms with Gasteiger partial charge in [-0.3, -0.25) is 9.36 Å². The molecule has 8 heteroatoms. The molecule has 0 spiro atoms. The number of fused-ring (bicyclic) bond motifs is 5. The molecule has 0 saturated heterocycles. The van der Waals surface area contributed by atoms with Crippen molar-refractivity contribution in [2.45, 2.75) is 97.2 Å². The highest BCUT2D eigenvalue weighted by molar-refractivity contribution is 7.51. The fourth-order valence-corrected chi connectivity index (χ4v) is 9.65. The summed E-state index contributed by atoms with van der Waals surface area (Å²) in [6, 6.07) is 0. The third-order valence-electron chi connectivity index (χ3n) is 11.0. The number of hydrogen-bond acceptors (Lipinski definition) is 4. The van der Waals surface area contributed by atoms with Crippen LogP contribution >= 0.6 is 7.60 Å². The molecule has 0 radical (unpaired) electrons. The van der Waals surface area contributed by atoms with Gasteiger partial charge < -0.3 is 25.3 Å². The Morgan fingerprint density at radius 2 is 1.68 bits per heavy atom. The molecule has 1 amide bonds. The Bertz CT molecular complexity index is 802. The van der Waals surface area contributed by atoms with E-state index in [0.717, 1.165) is 32.1 Å². The van der Waals surface area contributed by atoms with Crippen molar-refractivity contribution in [2.75, 3.05) is 12.7 Å². The van der Waals surface area contributed by atoms with Gasteiger partial charge in [-0.05, 0) is 104 Å². The third-order valence-corrected chi connectivity index (χ3v) is 11.8. The molecule has 7 nitrogen and oxygen atoms in total. The first-order chi connectivity index (χ1) is 15.8. The fraction of sp³-hybridized carbons (Fsp3) is 0.962. The van der Waals surface area contributed by atoms with Crippen LogP contribution in [-0.4, -0.2) is 50.8 Å². The Balaban J connectivity index is 1.38. The van der Waals surface area contributed by atoms with E-state index in [-0.39, 0.29) is 47.6 Å². The van der Waals surface area contributed by atoms with Crippen molar-refractivity contribution in [3.05, 3.63) is 0 Å². The minimum absolute atomic E-state index is 0.0168. The van der Waals surface area contributed by atoms with Crippen LogP contribution in [0.5, 0.6) is 0 Å². The van der Waals surface area contributed by atoms with Gasteiger partial charge in [0.2, 0.25) is 5.91 Å². The molecule has 0 aliphatic heterocycles. The Hall–Kier alpha value is -0.460. The van der Waals surface area contributed by atoms with Gasteiger partial charge in [0.05, 0.1) is 18.4 Å². The summed E-state index contributed by atoms with van der Waals surface area (Å²) in [5.74, 6) is 2.89. The molecule has 4 fully saturated rings. The maximum atomic E-state index is 12.2. The number of hydrogen-bond donors (Lipinski definition) is 5. The lowest BCUT2D eigenvalue weighted by Gasteiger charge is -2.62. The van der Waals surface area contributed by atoms with Gasteiger partial charge in [0.1, 0.15) is 0 Å². The van der Waals surface area contributed by atoms with E-state index >= 15 is 0 Å². The van der Waals surface area contributed by atoms with E-state index in [1.165, 1.54) is 25.7 Å². The number of carbonyl (C=O) groups is 1. The molecule has 196 valence electrons. The van der Waals surface area contributed by atoms with Gasteiger partial charge >= 0.3 is 7.60 Å². The summed E-state index contributed by atoms with van der Waals surface area (Å²) in [5.41, 5.74) is 0.381. The van der Waals surface area contributed by atoms with Gasteiger partial charge in [0.25, 0.3) is 0 Å². The Labute approximate surface area is 204 Å². The predicted octanol–water partition coefficient (Wildman–Crippen LogP) is 3.69. The van der Waals surface area contributed by atoms with Crippen LogP contribution < -0.4 is 5.32 Å². The molecule has 4 aliphatic rings. The number of nitrogens with one attached hydrogen (secondary N) is 1. The first-order valence-corrected chi connectivity index (χ1v) is 15.3. The van der Waals surface area contributed by atoms with Crippen LogP contribution in [0.4, 0.5) is 0 Å². The zero-order chi connectivity index (χ0) is 24.9. The normalized spacial score (nSPS) is 45.1. The SMILES string of the molecule is CC(CCC(=O)NCCP(=O)(O)O)C1CCC2C3C[C@H](O)[C@@H]4C[C@H](O)CC[C@]4(C)C3CC[C@]12C. The standard InChI is InChI=1S/C26H46NO6P/c1-16(4-7-24(30)27-12-13-34(31,32)33)19-5-6-20-18-15-23(29)22-14-17(28)8-10-26(22,3)21(18)9-11-25(19,20)2/h16-23,28-29H,4-15H2,1-3H3,(H,27,30)(H2,31,32,33)/t16?,17-,18?,19?,20?,21?,22+,23+,25-,26-/m1/s1. The molecule has 5 N–H and O–H groups in total. The van der Waals surface area contributed by atoms with Crippen molar-refractivity contribution in [3.63, 3.8) is 0 Å². The molecule has 5 unspecified atom stereocenters. The lowest BCUT2D eigenvalue weighted by Crippen LogP contribution is -2.58. The molecule has 4 saturated carbocycles. The lowest BCUT2D eigenvalue weighted by molar-refractivity contribution is -0.172. The minimum Gasteiger partial charge on any atom is -0.393 e. The molecule has 0 aromatic rings. The van der Waals surface area contributed by atoms with E-state index in [1.54, 1.807) is 0 Å². The van der Waals surface area contributed by atoms with E-state index in [0.29, 0.717) is 36.0 Å². The van der Waals surface area contributed by atoms with E-state index in [4.69, 9.17) is 9.79 Å². The average Bonchev–Trinajstić information content (AvgIpc) is 3.10.